The molecule has 0 amide bonds. The zero-order valence-electron chi connectivity index (χ0n) is 12.3. The maximum atomic E-state index is 10.6. The van der Waals surface area contributed by atoms with Crippen molar-refractivity contribution in [1.82, 2.24) is 5.06 Å². The van der Waals surface area contributed by atoms with Crippen molar-refractivity contribution in [2.45, 2.75) is 76.3 Å². The molecule has 0 spiro atoms. The fraction of sp³-hybridized carbons (Fsp3) is 0.857. The summed E-state index contributed by atoms with van der Waals surface area (Å²) in [6.45, 7) is 3.88. The Bertz CT molecular complexity index is 339. The molecule has 1 saturated heterocycles. The predicted octanol–water partition coefficient (Wildman–Crippen LogP) is 2.50. The Morgan fingerprint density at radius 3 is 1.60 bits per heavy atom. The largest absolute Gasteiger partial charge is 0.481 e. The van der Waals surface area contributed by atoms with Crippen LogP contribution in [0.5, 0.6) is 0 Å². The minimum absolute atomic E-state index is 0.110. The fourth-order valence-electron chi connectivity index (χ4n) is 3.10. The van der Waals surface area contributed by atoms with Crippen LogP contribution in [0.15, 0.2) is 0 Å². The zero-order chi connectivity index (χ0) is 15.4. The van der Waals surface area contributed by atoms with E-state index in [0.717, 1.165) is 12.8 Å². The Morgan fingerprint density at radius 2 is 1.30 bits per heavy atom. The summed E-state index contributed by atoms with van der Waals surface area (Å²) in [5, 5.41) is 29.1. The van der Waals surface area contributed by atoms with E-state index in [1.807, 2.05) is 13.8 Å². The highest BCUT2D eigenvalue weighted by molar-refractivity contribution is 5.66. The highest BCUT2D eigenvalue weighted by atomic mass is 16.5. The Labute approximate surface area is 119 Å². The SMILES string of the molecule is CC1(CCCC(=O)O)CCC(C)(CCCC(=O)O)N1O. The van der Waals surface area contributed by atoms with Crippen LogP contribution < -0.4 is 0 Å². The maximum absolute atomic E-state index is 10.6. The van der Waals surface area contributed by atoms with Crippen LogP contribution in [0.2, 0.25) is 0 Å². The maximum Gasteiger partial charge on any atom is 0.303 e. The molecular formula is C14H25NO5. The Kier molecular flexibility index (Phi) is 5.53. The zero-order valence-corrected chi connectivity index (χ0v) is 12.3. The van der Waals surface area contributed by atoms with Crippen molar-refractivity contribution in [1.29, 1.82) is 0 Å². The van der Waals surface area contributed by atoms with Gasteiger partial charge >= 0.3 is 11.9 Å². The number of hydrogen-bond acceptors (Lipinski definition) is 4. The summed E-state index contributed by atoms with van der Waals surface area (Å²) in [7, 11) is 0. The van der Waals surface area contributed by atoms with Crippen LogP contribution in [0.25, 0.3) is 0 Å². The summed E-state index contributed by atoms with van der Waals surface area (Å²) in [6, 6.07) is 0. The van der Waals surface area contributed by atoms with Crippen LogP contribution in [0.4, 0.5) is 0 Å². The topological polar surface area (TPSA) is 98.1 Å². The normalized spacial score (nSPS) is 30.6. The fourth-order valence-corrected chi connectivity index (χ4v) is 3.10. The molecule has 3 N–H and O–H groups in total. The second-order valence-corrected chi connectivity index (χ2v) is 6.30. The van der Waals surface area contributed by atoms with E-state index < -0.39 is 23.0 Å². The summed E-state index contributed by atoms with van der Waals surface area (Å²) in [5.74, 6) is -1.64. The predicted molar refractivity (Wildman–Crippen MR) is 72.6 cm³/mol. The summed E-state index contributed by atoms with van der Waals surface area (Å²) < 4.78 is 0. The monoisotopic (exact) mass is 287 g/mol. The highest BCUT2D eigenvalue weighted by Gasteiger charge is 2.48. The molecule has 0 aromatic carbocycles. The summed E-state index contributed by atoms with van der Waals surface area (Å²) >= 11 is 0. The third-order valence-corrected chi connectivity index (χ3v) is 4.44. The smallest absolute Gasteiger partial charge is 0.303 e. The molecule has 1 fully saturated rings. The number of aliphatic carboxylic acids is 2. The number of carboxylic acid groups (broad SMARTS) is 2. The Morgan fingerprint density at radius 1 is 0.950 bits per heavy atom. The van der Waals surface area contributed by atoms with Crippen molar-refractivity contribution in [2.24, 2.45) is 0 Å². The van der Waals surface area contributed by atoms with Crippen molar-refractivity contribution in [3.05, 3.63) is 0 Å². The van der Waals surface area contributed by atoms with Crippen LogP contribution in [0, 0.1) is 0 Å². The quantitative estimate of drug-likeness (QED) is 0.634. The highest BCUT2D eigenvalue weighted by Crippen LogP contribution is 2.44. The van der Waals surface area contributed by atoms with Crippen molar-refractivity contribution < 1.29 is 25.0 Å². The van der Waals surface area contributed by atoms with Crippen LogP contribution in [-0.4, -0.2) is 43.5 Å². The van der Waals surface area contributed by atoms with Gasteiger partial charge in [0.05, 0.1) is 0 Å². The van der Waals surface area contributed by atoms with Gasteiger partial charge in [-0.2, -0.15) is 5.06 Å². The van der Waals surface area contributed by atoms with Crippen LogP contribution in [0.1, 0.15) is 65.2 Å². The average Bonchev–Trinajstić information content (AvgIpc) is 2.54. The minimum atomic E-state index is -0.819. The first kappa shape index (κ1) is 16.9. The second kappa shape index (κ2) is 6.54. The van der Waals surface area contributed by atoms with E-state index in [1.165, 1.54) is 5.06 Å². The summed E-state index contributed by atoms with van der Waals surface area (Å²) in [6.07, 6.45) is 4.15. The lowest BCUT2D eigenvalue weighted by Gasteiger charge is -2.39. The van der Waals surface area contributed by atoms with Crippen LogP contribution >= 0.6 is 0 Å². The molecule has 20 heavy (non-hydrogen) atoms. The second-order valence-electron chi connectivity index (χ2n) is 6.30. The van der Waals surface area contributed by atoms with E-state index in [2.05, 4.69) is 0 Å². The van der Waals surface area contributed by atoms with Gasteiger partial charge in [-0.05, 0) is 52.4 Å². The molecule has 2 unspecified atom stereocenters. The molecule has 0 aliphatic carbocycles. The lowest BCUT2D eigenvalue weighted by atomic mass is 9.91. The van der Waals surface area contributed by atoms with E-state index >= 15 is 0 Å². The molecule has 0 bridgehead atoms. The van der Waals surface area contributed by atoms with Gasteiger partial charge in [0.25, 0.3) is 0 Å². The summed E-state index contributed by atoms with van der Waals surface area (Å²) in [4.78, 5) is 21.1. The Hall–Kier alpha value is -1.14. The van der Waals surface area contributed by atoms with Crippen molar-refractivity contribution >= 4 is 11.9 Å². The molecule has 6 nitrogen and oxygen atoms in total. The van der Waals surface area contributed by atoms with Gasteiger partial charge in [-0.3, -0.25) is 9.59 Å². The molecule has 1 aliphatic heterocycles. The van der Waals surface area contributed by atoms with Gasteiger partial charge < -0.3 is 15.4 Å². The van der Waals surface area contributed by atoms with E-state index in [0.29, 0.717) is 25.7 Å². The molecule has 0 radical (unpaired) electrons. The molecule has 2 atom stereocenters. The first-order chi connectivity index (χ1) is 9.19. The number of hydroxylamine groups is 2. The average molecular weight is 287 g/mol. The number of hydrogen-bond donors (Lipinski definition) is 3. The molecule has 1 heterocycles. The first-order valence-corrected chi connectivity index (χ1v) is 7.12. The van der Waals surface area contributed by atoms with Crippen molar-refractivity contribution in [2.75, 3.05) is 0 Å². The summed E-state index contributed by atoms with van der Waals surface area (Å²) in [5.41, 5.74) is -0.819. The van der Waals surface area contributed by atoms with Gasteiger partial charge in [-0.15, -0.1) is 0 Å². The van der Waals surface area contributed by atoms with Gasteiger partial charge in [0, 0.05) is 23.9 Å². The van der Waals surface area contributed by atoms with Gasteiger partial charge in [-0.1, -0.05) is 0 Å². The standard InChI is InChI=1S/C14H25NO5/c1-13(7-3-5-11(16)17)9-10-14(2,15(13)20)8-4-6-12(18)19/h20H,3-10H2,1-2H3,(H,16,17)(H,18,19). The van der Waals surface area contributed by atoms with E-state index in [-0.39, 0.29) is 12.8 Å². The molecule has 1 rings (SSSR count). The van der Waals surface area contributed by atoms with Crippen LogP contribution in [-0.2, 0) is 9.59 Å². The molecule has 116 valence electrons. The molecule has 0 saturated carbocycles. The van der Waals surface area contributed by atoms with E-state index in [4.69, 9.17) is 10.2 Å². The third kappa shape index (κ3) is 4.18. The Balaban J connectivity index is 2.53. The lowest BCUT2D eigenvalue weighted by Crippen LogP contribution is -2.49. The minimum Gasteiger partial charge on any atom is -0.481 e. The number of carbonyl (C=O) groups is 2. The van der Waals surface area contributed by atoms with Gasteiger partial charge in [0.15, 0.2) is 0 Å². The molecule has 0 aromatic heterocycles. The molecular weight excluding hydrogens is 262 g/mol. The number of nitrogens with zero attached hydrogens (tertiary/aromatic N) is 1. The van der Waals surface area contributed by atoms with Crippen LogP contribution in [0.3, 0.4) is 0 Å². The van der Waals surface area contributed by atoms with Gasteiger partial charge in [0.2, 0.25) is 0 Å². The van der Waals surface area contributed by atoms with Gasteiger partial charge in [0.1, 0.15) is 0 Å². The van der Waals surface area contributed by atoms with Gasteiger partial charge in [-0.25, -0.2) is 0 Å². The van der Waals surface area contributed by atoms with Crippen molar-refractivity contribution in [3.8, 4) is 0 Å². The van der Waals surface area contributed by atoms with E-state index in [1.54, 1.807) is 0 Å². The third-order valence-electron chi connectivity index (χ3n) is 4.44. The first-order valence-electron chi connectivity index (χ1n) is 7.12. The molecule has 6 heteroatoms. The number of carboxylic acids is 2. The van der Waals surface area contributed by atoms with Crippen molar-refractivity contribution in [3.63, 3.8) is 0 Å². The molecule has 0 aromatic rings. The number of rotatable bonds is 8. The lowest BCUT2D eigenvalue weighted by molar-refractivity contribution is -0.206. The van der Waals surface area contributed by atoms with E-state index in [9.17, 15) is 14.8 Å². The molecule has 1 aliphatic rings.